The lowest BCUT2D eigenvalue weighted by Gasteiger charge is -2.24. The van der Waals surface area contributed by atoms with E-state index in [2.05, 4.69) is 5.32 Å². The van der Waals surface area contributed by atoms with Crippen molar-refractivity contribution in [2.75, 3.05) is 6.54 Å². The summed E-state index contributed by atoms with van der Waals surface area (Å²) in [5.74, 6) is -2.38. The normalized spacial score (nSPS) is 12.4. The van der Waals surface area contributed by atoms with Crippen molar-refractivity contribution in [2.45, 2.75) is 32.6 Å². The molecule has 6 nitrogen and oxygen atoms in total. The fourth-order valence-electron chi connectivity index (χ4n) is 2.04. The molecule has 0 radical (unpaired) electrons. The van der Waals surface area contributed by atoms with Crippen molar-refractivity contribution in [1.82, 2.24) is 10.2 Å². The molecule has 0 saturated carbocycles. The molecule has 0 aliphatic carbocycles. The van der Waals surface area contributed by atoms with Gasteiger partial charge in [-0.3, -0.25) is 14.4 Å². The summed E-state index contributed by atoms with van der Waals surface area (Å²) < 4.78 is 37.6. The minimum Gasteiger partial charge on any atom is -0.480 e. The Morgan fingerprint density at radius 2 is 1.75 bits per heavy atom. The van der Waals surface area contributed by atoms with E-state index in [1.54, 1.807) is 0 Å². The molecule has 9 heteroatoms. The van der Waals surface area contributed by atoms with E-state index in [1.807, 2.05) is 0 Å². The minimum atomic E-state index is -4.48. The summed E-state index contributed by atoms with van der Waals surface area (Å²) in [7, 11) is 0. The van der Waals surface area contributed by atoms with Gasteiger partial charge in [-0.25, -0.2) is 0 Å². The lowest BCUT2D eigenvalue weighted by Crippen LogP contribution is -2.47. The van der Waals surface area contributed by atoms with Crippen molar-refractivity contribution in [1.29, 1.82) is 0 Å². The lowest BCUT2D eigenvalue weighted by molar-refractivity contribution is -0.146. The second-order valence-electron chi connectivity index (χ2n) is 5.20. The molecule has 1 aromatic rings. The van der Waals surface area contributed by atoms with Gasteiger partial charge in [0.05, 0.1) is 5.56 Å². The van der Waals surface area contributed by atoms with E-state index in [-0.39, 0.29) is 6.54 Å². The van der Waals surface area contributed by atoms with Gasteiger partial charge in [-0.2, -0.15) is 13.2 Å². The predicted octanol–water partition coefficient (Wildman–Crippen LogP) is 1.64. The Balaban J connectivity index is 2.91. The molecule has 132 valence electrons. The number of carboxylic acid groups (broad SMARTS) is 1. The standard InChI is InChI=1S/C15H17F3N2O4/c1-9(19-10(2)21)14(24)20(8-13(22)23)7-11-3-5-12(6-4-11)15(16,17)18/h3-6,9H,7-8H2,1-2H3,(H,19,21)(H,22,23). The molecule has 0 bridgehead atoms. The number of halogens is 3. The van der Waals surface area contributed by atoms with Gasteiger partial charge in [-0.1, -0.05) is 12.1 Å². The van der Waals surface area contributed by atoms with Crippen LogP contribution in [0.3, 0.4) is 0 Å². The highest BCUT2D eigenvalue weighted by Gasteiger charge is 2.30. The average Bonchev–Trinajstić information content (AvgIpc) is 2.44. The Morgan fingerprint density at radius 3 is 2.17 bits per heavy atom. The van der Waals surface area contributed by atoms with Crippen molar-refractivity contribution in [3.05, 3.63) is 35.4 Å². The Kier molecular flexibility index (Phi) is 6.33. The topological polar surface area (TPSA) is 86.7 Å². The van der Waals surface area contributed by atoms with Crippen LogP contribution in [0.2, 0.25) is 0 Å². The fraction of sp³-hybridized carbons (Fsp3) is 0.400. The van der Waals surface area contributed by atoms with Crippen LogP contribution < -0.4 is 5.32 Å². The highest BCUT2D eigenvalue weighted by atomic mass is 19.4. The van der Waals surface area contributed by atoms with Crippen LogP contribution in [-0.2, 0) is 27.1 Å². The number of nitrogens with one attached hydrogen (secondary N) is 1. The van der Waals surface area contributed by atoms with Crippen LogP contribution in [-0.4, -0.2) is 40.4 Å². The highest BCUT2D eigenvalue weighted by Crippen LogP contribution is 2.29. The molecule has 0 spiro atoms. The zero-order valence-corrected chi connectivity index (χ0v) is 13.1. The second kappa shape index (κ2) is 7.80. The van der Waals surface area contributed by atoms with Crippen LogP contribution in [0.1, 0.15) is 25.0 Å². The molecule has 2 N–H and O–H groups in total. The van der Waals surface area contributed by atoms with Crippen molar-refractivity contribution in [3.63, 3.8) is 0 Å². The van der Waals surface area contributed by atoms with Gasteiger partial charge in [0.1, 0.15) is 12.6 Å². The van der Waals surface area contributed by atoms with Crippen LogP contribution >= 0.6 is 0 Å². The quantitative estimate of drug-likeness (QED) is 0.820. The van der Waals surface area contributed by atoms with E-state index in [0.717, 1.165) is 17.0 Å². The van der Waals surface area contributed by atoms with Crippen molar-refractivity contribution in [3.8, 4) is 0 Å². The zero-order chi connectivity index (χ0) is 18.5. The van der Waals surface area contributed by atoms with Crippen molar-refractivity contribution in [2.24, 2.45) is 0 Å². The van der Waals surface area contributed by atoms with Crippen LogP contribution in [0.5, 0.6) is 0 Å². The smallest absolute Gasteiger partial charge is 0.416 e. The molecule has 0 aromatic heterocycles. The average molecular weight is 346 g/mol. The molecule has 1 rings (SSSR count). The number of alkyl halides is 3. The number of nitrogens with zero attached hydrogens (tertiary/aromatic N) is 1. The van der Waals surface area contributed by atoms with Gasteiger partial charge in [0.15, 0.2) is 0 Å². The molecule has 0 aliphatic rings. The van der Waals surface area contributed by atoms with Gasteiger partial charge in [0.2, 0.25) is 11.8 Å². The fourth-order valence-corrected chi connectivity index (χ4v) is 2.04. The molecule has 0 aliphatic heterocycles. The molecule has 0 heterocycles. The van der Waals surface area contributed by atoms with Crippen molar-refractivity contribution >= 4 is 17.8 Å². The van der Waals surface area contributed by atoms with E-state index in [0.29, 0.717) is 5.56 Å². The van der Waals surface area contributed by atoms with E-state index in [9.17, 15) is 27.6 Å². The summed E-state index contributed by atoms with van der Waals surface area (Å²) in [5, 5.41) is 11.2. The SMILES string of the molecule is CC(=O)NC(C)C(=O)N(CC(=O)O)Cc1ccc(C(F)(F)F)cc1. The molecule has 2 amide bonds. The number of carbonyl (C=O) groups is 3. The maximum absolute atomic E-state index is 12.5. The second-order valence-corrected chi connectivity index (χ2v) is 5.20. The van der Waals surface area contributed by atoms with Gasteiger partial charge in [0.25, 0.3) is 0 Å². The molecule has 0 fully saturated rings. The number of carbonyl (C=O) groups excluding carboxylic acids is 2. The van der Waals surface area contributed by atoms with Crippen molar-refractivity contribution < 1.29 is 32.7 Å². The minimum absolute atomic E-state index is 0.187. The number of carboxylic acids is 1. The monoisotopic (exact) mass is 346 g/mol. The Morgan fingerprint density at radius 1 is 1.21 bits per heavy atom. The Hall–Kier alpha value is -2.58. The number of amides is 2. The lowest BCUT2D eigenvalue weighted by atomic mass is 10.1. The van der Waals surface area contributed by atoms with Crippen LogP contribution in [0.25, 0.3) is 0 Å². The highest BCUT2D eigenvalue weighted by molar-refractivity contribution is 5.88. The third kappa shape index (κ3) is 5.90. The summed E-state index contributed by atoms with van der Waals surface area (Å²) in [6.45, 7) is 1.78. The van der Waals surface area contributed by atoms with E-state index in [1.165, 1.54) is 26.0 Å². The zero-order valence-electron chi connectivity index (χ0n) is 13.1. The molecular weight excluding hydrogens is 329 g/mol. The van der Waals surface area contributed by atoms with Crippen LogP contribution in [0.4, 0.5) is 13.2 Å². The maximum atomic E-state index is 12.5. The Bertz CT molecular complexity index is 614. The number of benzene rings is 1. The van der Waals surface area contributed by atoms with Crippen LogP contribution in [0, 0.1) is 0 Å². The summed E-state index contributed by atoms with van der Waals surface area (Å²) in [5.41, 5.74) is -0.499. The number of rotatable bonds is 6. The van der Waals surface area contributed by atoms with E-state index >= 15 is 0 Å². The molecule has 24 heavy (non-hydrogen) atoms. The number of hydrogen-bond donors (Lipinski definition) is 2. The molecule has 0 saturated heterocycles. The Labute approximate surface area is 136 Å². The third-order valence-electron chi connectivity index (χ3n) is 3.08. The first-order chi connectivity index (χ1) is 11.0. The first-order valence-corrected chi connectivity index (χ1v) is 6.94. The summed E-state index contributed by atoms with van der Waals surface area (Å²) >= 11 is 0. The van der Waals surface area contributed by atoms with Gasteiger partial charge in [-0.05, 0) is 24.6 Å². The first-order valence-electron chi connectivity index (χ1n) is 6.94. The van der Waals surface area contributed by atoms with Gasteiger partial charge < -0.3 is 15.3 Å². The molecule has 1 aromatic carbocycles. The maximum Gasteiger partial charge on any atom is 0.416 e. The molecule has 1 atom stereocenters. The molecular formula is C15H17F3N2O4. The molecule has 1 unspecified atom stereocenters. The predicted molar refractivity (Wildman–Crippen MR) is 77.8 cm³/mol. The van der Waals surface area contributed by atoms with Gasteiger partial charge in [0, 0.05) is 13.5 Å². The summed E-state index contributed by atoms with van der Waals surface area (Å²) in [4.78, 5) is 35.1. The van der Waals surface area contributed by atoms with Crippen LogP contribution in [0.15, 0.2) is 24.3 Å². The van der Waals surface area contributed by atoms with Gasteiger partial charge in [-0.15, -0.1) is 0 Å². The van der Waals surface area contributed by atoms with E-state index < -0.39 is 42.1 Å². The summed E-state index contributed by atoms with van der Waals surface area (Å²) in [6.07, 6.45) is -4.48. The summed E-state index contributed by atoms with van der Waals surface area (Å²) in [6, 6.07) is 3.12. The number of aliphatic carboxylic acids is 1. The third-order valence-corrected chi connectivity index (χ3v) is 3.08. The van der Waals surface area contributed by atoms with E-state index in [4.69, 9.17) is 5.11 Å². The first kappa shape index (κ1) is 19.5. The van der Waals surface area contributed by atoms with Gasteiger partial charge >= 0.3 is 12.1 Å². The number of hydrogen-bond acceptors (Lipinski definition) is 3. The largest absolute Gasteiger partial charge is 0.480 e.